The first-order valence-corrected chi connectivity index (χ1v) is 6.77. The van der Waals surface area contributed by atoms with Crippen LogP contribution in [0.25, 0.3) is 0 Å². The molecule has 0 saturated carbocycles. The van der Waals surface area contributed by atoms with E-state index in [0.717, 1.165) is 0 Å². The number of aliphatic hydroxyl groups is 1. The summed E-state index contributed by atoms with van der Waals surface area (Å²) in [5, 5.41) is 12.4. The van der Waals surface area contributed by atoms with Crippen LogP contribution in [0.3, 0.4) is 0 Å². The maximum Gasteiger partial charge on any atom is 0.246 e. The Balaban J connectivity index is 2.79. The topological polar surface area (TPSA) is 110 Å². The Morgan fingerprint density at radius 2 is 2.29 bits per heavy atom. The number of nitrogens with two attached hydrogens (primary N) is 1. The van der Waals surface area contributed by atoms with Gasteiger partial charge < -0.3 is 10.8 Å². The lowest BCUT2D eigenvalue weighted by Crippen LogP contribution is -2.32. The second-order valence-corrected chi connectivity index (χ2v) is 5.62. The van der Waals surface area contributed by atoms with Gasteiger partial charge in [-0.15, -0.1) is 0 Å². The molecule has 0 fully saturated rings. The van der Waals surface area contributed by atoms with Gasteiger partial charge in [-0.2, -0.15) is 5.10 Å². The highest BCUT2D eigenvalue weighted by molar-refractivity contribution is 7.89. The van der Waals surface area contributed by atoms with E-state index < -0.39 is 10.0 Å². The summed E-state index contributed by atoms with van der Waals surface area (Å²) >= 11 is 0. The van der Waals surface area contributed by atoms with E-state index in [1.54, 1.807) is 14.0 Å². The molecule has 0 aromatic carbocycles. The summed E-state index contributed by atoms with van der Waals surface area (Å²) in [6.07, 6.45) is 2.47. The summed E-state index contributed by atoms with van der Waals surface area (Å²) in [4.78, 5) is -0.0177. The van der Waals surface area contributed by atoms with E-state index in [4.69, 9.17) is 10.8 Å². The average molecular weight is 262 g/mol. The van der Waals surface area contributed by atoms with E-state index >= 15 is 0 Å². The van der Waals surface area contributed by atoms with Crippen LogP contribution in [0.5, 0.6) is 0 Å². The van der Waals surface area contributed by atoms with Crippen LogP contribution in [-0.2, 0) is 17.1 Å². The van der Waals surface area contributed by atoms with Crippen molar-refractivity contribution in [2.24, 2.45) is 7.05 Å². The number of aryl methyl sites for hydroxylation is 1. The van der Waals surface area contributed by atoms with E-state index in [0.29, 0.717) is 12.8 Å². The van der Waals surface area contributed by atoms with Gasteiger partial charge in [0.1, 0.15) is 4.90 Å². The lowest BCUT2D eigenvalue weighted by atomic mass is 10.2. The van der Waals surface area contributed by atoms with E-state index in [2.05, 4.69) is 9.82 Å². The molecule has 1 aromatic rings. The third kappa shape index (κ3) is 3.69. The first-order valence-electron chi connectivity index (χ1n) is 5.29. The minimum Gasteiger partial charge on any atom is -0.396 e. The molecule has 8 heteroatoms. The largest absolute Gasteiger partial charge is 0.396 e. The third-order valence-corrected chi connectivity index (χ3v) is 3.87. The van der Waals surface area contributed by atoms with Gasteiger partial charge in [-0.25, -0.2) is 13.1 Å². The predicted octanol–water partition coefficient (Wildman–Crippen LogP) is -0.558. The predicted molar refractivity (Wildman–Crippen MR) is 63.7 cm³/mol. The van der Waals surface area contributed by atoms with Gasteiger partial charge in [0, 0.05) is 25.9 Å². The number of sulfonamides is 1. The van der Waals surface area contributed by atoms with Gasteiger partial charge in [-0.05, 0) is 19.8 Å². The molecule has 0 aliphatic carbocycles. The Labute approximate surface area is 101 Å². The van der Waals surface area contributed by atoms with Crippen molar-refractivity contribution < 1.29 is 13.5 Å². The number of aromatic nitrogens is 2. The van der Waals surface area contributed by atoms with Crippen LogP contribution in [0.15, 0.2) is 11.1 Å². The molecular formula is C9H18N4O3S. The van der Waals surface area contributed by atoms with Crippen molar-refractivity contribution in [1.29, 1.82) is 0 Å². The Hall–Kier alpha value is -1.12. The number of hydrogen-bond acceptors (Lipinski definition) is 5. The highest BCUT2D eigenvalue weighted by Crippen LogP contribution is 2.16. The van der Waals surface area contributed by atoms with Gasteiger partial charge in [0.15, 0.2) is 5.82 Å². The molecule has 1 rings (SSSR count). The highest BCUT2D eigenvalue weighted by atomic mass is 32.2. The first kappa shape index (κ1) is 13.9. The lowest BCUT2D eigenvalue weighted by Gasteiger charge is -2.12. The van der Waals surface area contributed by atoms with E-state index in [1.807, 2.05) is 0 Å². The Morgan fingerprint density at radius 3 is 2.76 bits per heavy atom. The van der Waals surface area contributed by atoms with E-state index in [9.17, 15) is 8.42 Å². The fraction of sp³-hybridized carbons (Fsp3) is 0.667. The van der Waals surface area contributed by atoms with Crippen molar-refractivity contribution in [2.45, 2.75) is 30.7 Å². The maximum atomic E-state index is 11.9. The van der Waals surface area contributed by atoms with Crippen LogP contribution in [0.2, 0.25) is 0 Å². The first-order chi connectivity index (χ1) is 7.86. The standard InChI is InChI=1S/C9H18N4O3S/c1-7(4-3-5-14)12-17(15,16)8-6-13(2)11-9(8)10/h6-7,12,14H,3-5H2,1-2H3,(H2,10,11). The van der Waals surface area contributed by atoms with Crippen molar-refractivity contribution in [3.8, 4) is 0 Å². The number of nitrogen functional groups attached to an aromatic ring is 1. The van der Waals surface area contributed by atoms with Crippen LogP contribution < -0.4 is 10.5 Å². The molecular weight excluding hydrogens is 244 g/mol. The van der Waals surface area contributed by atoms with E-state index in [1.165, 1.54) is 10.9 Å². The molecule has 17 heavy (non-hydrogen) atoms. The molecule has 0 aliphatic heterocycles. The molecule has 1 unspecified atom stereocenters. The van der Waals surface area contributed by atoms with Crippen molar-refractivity contribution in [3.05, 3.63) is 6.20 Å². The zero-order chi connectivity index (χ0) is 13.1. The summed E-state index contributed by atoms with van der Waals surface area (Å²) in [5.74, 6) is -0.0191. The van der Waals surface area contributed by atoms with E-state index in [-0.39, 0.29) is 23.4 Å². The second kappa shape index (κ2) is 5.48. The van der Waals surface area contributed by atoms with Crippen LogP contribution in [0.4, 0.5) is 5.82 Å². The van der Waals surface area contributed by atoms with Gasteiger partial charge in [-0.1, -0.05) is 0 Å². The molecule has 1 atom stereocenters. The number of aliphatic hydroxyl groups excluding tert-OH is 1. The Morgan fingerprint density at radius 1 is 1.65 bits per heavy atom. The van der Waals surface area contributed by atoms with Gasteiger partial charge in [0.25, 0.3) is 0 Å². The van der Waals surface area contributed by atoms with Crippen LogP contribution in [0, 0.1) is 0 Å². The summed E-state index contributed by atoms with van der Waals surface area (Å²) in [7, 11) is -2.04. The van der Waals surface area contributed by atoms with Gasteiger partial charge in [-0.3, -0.25) is 4.68 Å². The van der Waals surface area contributed by atoms with Gasteiger partial charge in [0.05, 0.1) is 0 Å². The Kier molecular flexibility index (Phi) is 4.49. The quantitative estimate of drug-likeness (QED) is 0.636. The zero-order valence-electron chi connectivity index (χ0n) is 9.92. The monoisotopic (exact) mass is 262 g/mol. The van der Waals surface area contributed by atoms with Crippen LogP contribution in [0.1, 0.15) is 19.8 Å². The number of hydrogen-bond donors (Lipinski definition) is 3. The lowest BCUT2D eigenvalue weighted by molar-refractivity contribution is 0.279. The summed E-state index contributed by atoms with van der Waals surface area (Å²) in [5.41, 5.74) is 5.51. The SMILES string of the molecule is CC(CCCO)NS(=O)(=O)c1cn(C)nc1N. The zero-order valence-corrected chi connectivity index (χ0v) is 10.7. The number of anilines is 1. The van der Waals surface area contributed by atoms with Crippen molar-refractivity contribution in [1.82, 2.24) is 14.5 Å². The van der Waals surface area contributed by atoms with Crippen molar-refractivity contribution in [2.75, 3.05) is 12.3 Å². The fourth-order valence-electron chi connectivity index (χ4n) is 1.48. The summed E-state index contributed by atoms with van der Waals surface area (Å²) in [6.45, 7) is 1.78. The molecule has 0 saturated heterocycles. The van der Waals surface area contributed by atoms with Gasteiger partial charge in [0.2, 0.25) is 10.0 Å². The fourth-order valence-corrected chi connectivity index (χ4v) is 2.86. The summed E-state index contributed by atoms with van der Waals surface area (Å²) < 4.78 is 27.7. The van der Waals surface area contributed by atoms with Crippen molar-refractivity contribution >= 4 is 15.8 Å². The average Bonchev–Trinajstić information content (AvgIpc) is 2.55. The molecule has 0 radical (unpaired) electrons. The number of rotatable bonds is 6. The molecule has 4 N–H and O–H groups in total. The molecule has 0 amide bonds. The number of nitrogens with one attached hydrogen (secondary N) is 1. The van der Waals surface area contributed by atoms with Crippen molar-refractivity contribution in [3.63, 3.8) is 0 Å². The molecule has 98 valence electrons. The molecule has 7 nitrogen and oxygen atoms in total. The molecule has 1 heterocycles. The molecule has 1 aromatic heterocycles. The smallest absolute Gasteiger partial charge is 0.246 e. The van der Waals surface area contributed by atoms with Gasteiger partial charge >= 0.3 is 0 Å². The Bertz CT molecular complexity index is 469. The summed E-state index contributed by atoms with van der Waals surface area (Å²) in [6, 6.07) is -0.258. The normalized spacial score (nSPS) is 13.8. The highest BCUT2D eigenvalue weighted by Gasteiger charge is 2.22. The minimum absolute atomic E-state index is 0.0177. The van der Waals surface area contributed by atoms with Crippen LogP contribution in [-0.4, -0.2) is 36.0 Å². The van der Waals surface area contributed by atoms with Crippen LogP contribution >= 0.6 is 0 Å². The second-order valence-electron chi connectivity index (χ2n) is 3.94. The maximum absolute atomic E-state index is 11.9. The molecule has 0 aliphatic rings. The molecule has 0 spiro atoms. The third-order valence-electron chi connectivity index (χ3n) is 2.26. The molecule has 0 bridgehead atoms. The minimum atomic E-state index is -3.64. The number of nitrogens with zero attached hydrogens (tertiary/aromatic N) is 2.